The predicted octanol–water partition coefficient (Wildman–Crippen LogP) is 2.66. The molecule has 2 rings (SSSR count). The Hall–Kier alpha value is -0.550. The zero-order valence-electron chi connectivity index (χ0n) is 9.95. The van der Waals surface area contributed by atoms with Crippen LogP contribution >= 0.6 is 0 Å². The van der Waals surface area contributed by atoms with Gasteiger partial charge in [-0.15, -0.1) is 0 Å². The Bertz CT molecular complexity index is 250. The summed E-state index contributed by atoms with van der Waals surface area (Å²) < 4.78 is 0. The van der Waals surface area contributed by atoms with Crippen molar-refractivity contribution in [3.8, 4) is 6.07 Å². The number of nitriles is 1. The molecule has 1 heterocycles. The van der Waals surface area contributed by atoms with Crippen LogP contribution in [0.2, 0.25) is 0 Å². The summed E-state index contributed by atoms with van der Waals surface area (Å²) in [5, 5.41) is 9.23. The van der Waals surface area contributed by atoms with Gasteiger partial charge in [-0.1, -0.05) is 13.8 Å². The third kappa shape index (κ3) is 2.18. The van der Waals surface area contributed by atoms with Gasteiger partial charge in [0, 0.05) is 6.04 Å². The van der Waals surface area contributed by atoms with Gasteiger partial charge < -0.3 is 4.90 Å². The number of nitrogens with zero attached hydrogens (tertiary/aromatic N) is 2. The fourth-order valence-corrected chi connectivity index (χ4v) is 3.16. The highest BCUT2D eigenvalue weighted by molar-refractivity contribution is 4.97. The van der Waals surface area contributed by atoms with E-state index in [9.17, 15) is 5.26 Å². The molecule has 0 N–H and O–H groups in total. The summed E-state index contributed by atoms with van der Waals surface area (Å²) in [5.74, 6) is 1.63. The Balaban J connectivity index is 1.94. The van der Waals surface area contributed by atoms with Gasteiger partial charge in [-0.2, -0.15) is 5.26 Å². The molecule has 15 heavy (non-hydrogen) atoms. The van der Waals surface area contributed by atoms with Crippen LogP contribution in [0.15, 0.2) is 0 Å². The van der Waals surface area contributed by atoms with Gasteiger partial charge in [-0.05, 0) is 50.6 Å². The van der Waals surface area contributed by atoms with Crippen LogP contribution in [0.4, 0.5) is 0 Å². The van der Waals surface area contributed by atoms with Crippen LogP contribution in [-0.2, 0) is 0 Å². The first-order chi connectivity index (χ1) is 7.22. The number of likely N-dealkylation sites (tertiary alicyclic amines) is 1. The largest absolute Gasteiger partial charge is 0.300 e. The van der Waals surface area contributed by atoms with Crippen LogP contribution < -0.4 is 0 Å². The molecule has 3 unspecified atom stereocenters. The molecule has 0 amide bonds. The van der Waals surface area contributed by atoms with Crippen molar-refractivity contribution in [2.24, 2.45) is 17.8 Å². The molecule has 0 aromatic carbocycles. The Labute approximate surface area is 93.3 Å². The molecule has 1 aliphatic carbocycles. The molecule has 0 spiro atoms. The van der Waals surface area contributed by atoms with Crippen molar-refractivity contribution in [1.82, 2.24) is 4.90 Å². The summed E-state index contributed by atoms with van der Waals surface area (Å²) >= 11 is 0. The van der Waals surface area contributed by atoms with Gasteiger partial charge in [-0.25, -0.2) is 0 Å². The minimum Gasteiger partial charge on any atom is -0.300 e. The first-order valence-corrected chi connectivity index (χ1v) is 6.36. The van der Waals surface area contributed by atoms with Gasteiger partial charge in [0.1, 0.15) is 0 Å². The van der Waals surface area contributed by atoms with Crippen LogP contribution in [0.5, 0.6) is 0 Å². The lowest BCUT2D eigenvalue weighted by Crippen LogP contribution is -2.48. The maximum absolute atomic E-state index is 9.23. The van der Waals surface area contributed by atoms with Crippen molar-refractivity contribution in [2.75, 3.05) is 13.1 Å². The fraction of sp³-hybridized carbons (Fsp3) is 0.923. The zero-order chi connectivity index (χ0) is 10.8. The predicted molar refractivity (Wildman–Crippen MR) is 61.3 cm³/mol. The molecule has 0 aromatic heterocycles. The van der Waals surface area contributed by atoms with Gasteiger partial charge in [0.25, 0.3) is 0 Å². The molecule has 1 saturated carbocycles. The molecule has 0 radical (unpaired) electrons. The minimum absolute atomic E-state index is 0.310. The Morgan fingerprint density at radius 3 is 2.47 bits per heavy atom. The number of rotatable bonds is 2. The van der Waals surface area contributed by atoms with Crippen LogP contribution in [0.25, 0.3) is 0 Å². The SMILES string of the molecule is CC(C)C1CCC(N2CCC2)CC1C#N. The summed E-state index contributed by atoms with van der Waals surface area (Å²) in [6, 6.07) is 3.26. The normalized spacial score (nSPS) is 37.3. The maximum Gasteiger partial charge on any atom is 0.0659 e. The third-order valence-electron chi connectivity index (χ3n) is 4.31. The molecule has 2 fully saturated rings. The maximum atomic E-state index is 9.23. The van der Waals surface area contributed by atoms with Crippen LogP contribution in [0, 0.1) is 29.1 Å². The minimum atomic E-state index is 0.310. The molecule has 3 atom stereocenters. The highest BCUT2D eigenvalue weighted by Gasteiger charge is 2.35. The van der Waals surface area contributed by atoms with E-state index in [0.717, 1.165) is 12.5 Å². The molecule has 1 saturated heterocycles. The van der Waals surface area contributed by atoms with Crippen LogP contribution in [0.3, 0.4) is 0 Å². The first-order valence-electron chi connectivity index (χ1n) is 6.36. The van der Waals surface area contributed by atoms with Gasteiger partial charge in [0.15, 0.2) is 0 Å². The second kappa shape index (κ2) is 4.53. The standard InChI is InChI=1S/C13H22N2/c1-10(2)13-5-4-12(8-11(13)9-14)15-6-3-7-15/h10-13H,3-8H2,1-2H3. The second-order valence-corrected chi connectivity index (χ2v) is 5.50. The van der Waals surface area contributed by atoms with E-state index in [0.29, 0.717) is 17.8 Å². The van der Waals surface area contributed by atoms with E-state index >= 15 is 0 Å². The van der Waals surface area contributed by atoms with E-state index < -0.39 is 0 Å². The molecule has 84 valence electrons. The van der Waals surface area contributed by atoms with Crippen molar-refractivity contribution in [1.29, 1.82) is 5.26 Å². The summed E-state index contributed by atoms with van der Waals surface area (Å²) in [6.45, 7) is 7.07. The van der Waals surface area contributed by atoms with E-state index in [1.807, 2.05) is 0 Å². The second-order valence-electron chi connectivity index (χ2n) is 5.50. The zero-order valence-corrected chi connectivity index (χ0v) is 9.95. The van der Waals surface area contributed by atoms with Crippen LogP contribution in [-0.4, -0.2) is 24.0 Å². The van der Waals surface area contributed by atoms with E-state index in [-0.39, 0.29) is 0 Å². The molecule has 1 aliphatic heterocycles. The van der Waals surface area contributed by atoms with Gasteiger partial charge in [-0.3, -0.25) is 0 Å². The molecule has 2 aliphatic rings. The van der Waals surface area contributed by atoms with E-state index in [1.165, 1.54) is 32.4 Å². The summed E-state index contributed by atoms with van der Waals surface area (Å²) in [7, 11) is 0. The Kier molecular flexibility index (Phi) is 3.31. The Morgan fingerprint density at radius 1 is 1.27 bits per heavy atom. The summed E-state index contributed by atoms with van der Waals surface area (Å²) in [4.78, 5) is 2.57. The topological polar surface area (TPSA) is 27.0 Å². The first kappa shape index (κ1) is 11.0. The molecular formula is C13H22N2. The smallest absolute Gasteiger partial charge is 0.0659 e. The molecule has 2 heteroatoms. The number of hydrogen-bond acceptors (Lipinski definition) is 2. The van der Waals surface area contributed by atoms with E-state index in [4.69, 9.17) is 0 Å². The average Bonchev–Trinajstić information content (AvgIpc) is 2.14. The molecule has 2 nitrogen and oxygen atoms in total. The molecule has 0 bridgehead atoms. The lowest BCUT2D eigenvalue weighted by atomic mass is 9.72. The van der Waals surface area contributed by atoms with Gasteiger partial charge >= 0.3 is 0 Å². The van der Waals surface area contributed by atoms with Crippen molar-refractivity contribution in [2.45, 2.75) is 45.6 Å². The molecule has 0 aromatic rings. The molecular weight excluding hydrogens is 184 g/mol. The Morgan fingerprint density at radius 2 is 2.00 bits per heavy atom. The summed E-state index contributed by atoms with van der Waals surface area (Å²) in [6.07, 6.45) is 5.07. The number of hydrogen-bond donors (Lipinski definition) is 0. The lowest BCUT2D eigenvalue weighted by molar-refractivity contribution is 0.0555. The quantitative estimate of drug-likeness (QED) is 0.694. The third-order valence-corrected chi connectivity index (χ3v) is 4.31. The highest BCUT2D eigenvalue weighted by atomic mass is 15.2. The van der Waals surface area contributed by atoms with Crippen LogP contribution in [0.1, 0.15) is 39.5 Å². The van der Waals surface area contributed by atoms with Gasteiger partial charge in [0.2, 0.25) is 0 Å². The lowest BCUT2D eigenvalue weighted by Gasteiger charge is -2.44. The van der Waals surface area contributed by atoms with Crippen molar-refractivity contribution in [3.63, 3.8) is 0 Å². The highest BCUT2D eigenvalue weighted by Crippen LogP contribution is 2.37. The van der Waals surface area contributed by atoms with E-state index in [1.54, 1.807) is 0 Å². The van der Waals surface area contributed by atoms with E-state index in [2.05, 4.69) is 24.8 Å². The monoisotopic (exact) mass is 206 g/mol. The van der Waals surface area contributed by atoms with Crippen molar-refractivity contribution >= 4 is 0 Å². The fourth-order valence-electron chi connectivity index (χ4n) is 3.16. The summed E-state index contributed by atoms with van der Waals surface area (Å²) in [5.41, 5.74) is 0. The van der Waals surface area contributed by atoms with Crippen molar-refractivity contribution < 1.29 is 0 Å². The average molecular weight is 206 g/mol. The van der Waals surface area contributed by atoms with Crippen molar-refractivity contribution in [3.05, 3.63) is 0 Å². The van der Waals surface area contributed by atoms with Gasteiger partial charge in [0.05, 0.1) is 12.0 Å².